The van der Waals surface area contributed by atoms with Crippen molar-refractivity contribution in [1.29, 1.82) is 5.26 Å². The maximum Gasteiger partial charge on any atom is 0.261 e. The number of alkyl halides is 1. The van der Waals surface area contributed by atoms with Crippen LogP contribution in [0.3, 0.4) is 0 Å². The third kappa shape index (κ3) is 2.76. The molecule has 3 nitrogen and oxygen atoms in total. The molecule has 0 atom stereocenters. The van der Waals surface area contributed by atoms with Crippen molar-refractivity contribution in [3.63, 3.8) is 0 Å². The van der Waals surface area contributed by atoms with Crippen molar-refractivity contribution in [2.45, 2.75) is 23.6 Å². The average molecular weight is 323 g/mol. The van der Waals surface area contributed by atoms with Gasteiger partial charge in [-0.25, -0.2) is 8.42 Å². The molecule has 1 aromatic carbocycles. The van der Waals surface area contributed by atoms with Crippen LogP contribution < -0.4 is 0 Å². The molecule has 0 aliphatic carbocycles. The van der Waals surface area contributed by atoms with Gasteiger partial charge in [-0.3, -0.25) is 0 Å². The predicted molar refractivity (Wildman–Crippen MR) is 66.2 cm³/mol. The normalized spacial score (nSPS) is 11.1. The summed E-state index contributed by atoms with van der Waals surface area (Å²) in [5.74, 6) is 0. The van der Waals surface area contributed by atoms with E-state index in [2.05, 4.69) is 15.9 Å². The van der Waals surface area contributed by atoms with Crippen LogP contribution in [0.1, 0.15) is 23.6 Å². The van der Waals surface area contributed by atoms with Crippen LogP contribution in [0.15, 0.2) is 17.0 Å². The van der Waals surface area contributed by atoms with Gasteiger partial charge in [0.1, 0.15) is 0 Å². The highest BCUT2D eigenvalue weighted by Gasteiger charge is 2.18. The van der Waals surface area contributed by atoms with Crippen molar-refractivity contribution in [2.24, 2.45) is 0 Å². The van der Waals surface area contributed by atoms with E-state index in [9.17, 15) is 8.42 Å². The molecule has 0 saturated carbocycles. The molecule has 0 radical (unpaired) electrons. The number of aryl methyl sites for hydroxylation is 1. The van der Waals surface area contributed by atoms with Crippen molar-refractivity contribution in [2.75, 3.05) is 0 Å². The first kappa shape index (κ1) is 13.5. The lowest BCUT2D eigenvalue weighted by Crippen LogP contribution is -2.02. The fourth-order valence-electron chi connectivity index (χ4n) is 1.45. The van der Waals surface area contributed by atoms with Gasteiger partial charge in [0.05, 0.1) is 16.5 Å². The summed E-state index contributed by atoms with van der Waals surface area (Å²) in [6.45, 7) is 1.90. The molecule has 0 aliphatic heterocycles. The Kier molecular flexibility index (Phi) is 4.36. The first-order valence-electron chi connectivity index (χ1n) is 4.50. The molecular formula is C10H9BrClNO2S. The monoisotopic (exact) mass is 321 g/mol. The van der Waals surface area contributed by atoms with Gasteiger partial charge in [-0.2, -0.15) is 5.26 Å². The Morgan fingerprint density at radius 3 is 2.50 bits per heavy atom. The van der Waals surface area contributed by atoms with Gasteiger partial charge in [-0.15, -0.1) is 0 Å². The first-order chi connectivity index (χ1) is 7.43. The van der Waals surface area contributed by atoms with Crippen molar-refractivity contribution in [1.82, 2.24) is 0 Å². The molecule has 6 heteroatoms. The average Bonchev–Trinajstić information content (AvgIpc) is 2.25. The molecule has 0 amide bonds. The standard InChI is InChI=1S/C10H9BrClNO2S/c1-2-8-3-7(6-13)4-10(9(8)5-11)16(12,14)15/h3-4H,2,5H2,1H3. The summed E-state index contributed by atoms with van der Waals surface area (Å²) in [5.41, 5.74) is 1.74. The molecule has 0 spiro atoms. The second-order valence-electron chi connectivity index (χ2n) is 3.15. The van der Waals surface area contributed by atoms with Crippen LogP contribution in [0.5, 0.6) is 0 Å². The van der Waals surface area contributed by atoms with Crippen molar-refractivity contribution >= 4 is 35.7 Å². The maximum atomic E-state index is 11.4. The second kappa shape index (κ2) is 5.17. The summed E-state index contributed by atoms with van der Waals surface area (Å²) in [6, 6.07) is 4.91. The Morgan fingerprint density at radius 1 is 1.50 bits per heavy atom. The molecule has 0 bridgehead atoms. The Bertz CT molecular complexity index is 549. The Hall–Kier alpha value is -0.570. The minimum absolute atomic E-state index is 0.0157. The molecule has 0 heterocycles. The summed E-state index contributed by atoms with van der Waals surface area (Å²) in [4.78, 5) is 0.0157. The van der Waals surface area contributed by atoms with Crippen LogP contribution >= 0.6 is 26.6 Å². The molecule has 0 fully saturated rings. The van der Waals surface area contributed by atoms with Crippen LogP contribution in [-0.4, -0.2) is 8.42 Å². The van der Waals surface area contributed by atoms with Gasteiger partial charge in [0, 0.05) is 16.0 Å². The number of halogens is 2. The van der Waals surface area contributed by atoms with E-state index in [-0.39, 0.29) is 4.90 Å². The number of hydrogen-bond acceptors (Lipinski definition) is 3. The van der Waals surface area contributed by atoms with Crippen LogP contribution in [-0.2, 0) is 20.8 Å². The summed E-state index contributed by atoms with van der Waals surface area (Å²) in [6.07, 6.45) is 0.649. The van der Waals surface area contributed by atoms with Gasteiger partial charge < -0.3 is 0 Å². The van der Waals surface area contributed by atoms with Crippen molar-refractivity contribution in [3.8, 4) is 6.07 Å². The zero-order valence-electron chi connectivity index (χ0n) is 8.50. The number of rotatable bonds is 3. The fraction of sp³-hybridized carbons (Fsp3) is 0.300. The molecule has 0 N–H and O–H groups in total. The van der Waals surface area contributed by atoms with Gasteiger partial charge >= 0.3 is 0 Å². The fourth-order valence-corrected chi connectivity index (χ4v) is 3.48. The maximum absolute atomic E-state index is 11.4. The van der Waals surface area contributed by atoms with E-state index in [1.54, 1.807) is 6.07 Å². The molecule has 0 aromatic heterocycles. The zero-order valence-corrected chi connectivity index (χ0v) is 11.7. The summed E-state index contributed by atoms with van der Waals surface area (Å²) < 4.78 is 22.8. The predicted octanol–water partition coefficient (Wildman–Crippen LogP) is 2.94. The molecular weight excluding hydrogens is 314 g/mol. The molecule has 86 valence electrons. The topological polar surface area (TPSA) is 57.9 Å². The third-order valence-electron chi connectivity index (χ3n) is 2.21. The molecule has 0 aliphatic rings. The van der Waals surface area contributed by atoms with E-state index in [1.807, 2.05) is 13.0 Å². The Labute approximate surface area is 108 Å². The minimum Gasteiger partial charge on any atom is -0.207 e. The lowest BCUT2D eigenvalue weighted by molar-refractivity contribution is 0.608. The first-order valence-corrected chi connectivity index (χ1v) is 7.93. The van der Waals surface area contributed by atoms with E-state index in [4.69, 9.17) is 15.9 Å². The Morgan fingerprint density at radius 2 is 2.12 bits per heavy atom. The lowest BCUT2D eigenvalue weighted by Gasteiger charge is -2.10. The molecule has 16 heavy (non-hydrogen) atoms. The van der Waals surface area contributed by atoms with Gasteiger partial charge in [-0.1, -0.05) is 22.9 Å². The highest BCUT2D eigenvalue weighted by atomic mass is 79.9. The summed E-state index contributed by atoms with van der Waals surface area (Å²) in [7, 11) is 1.52. The molecule has 0 unspecified atom stereocenters. The van der Waals surface area contributed by atoms with Gasteiger partial charge in [-0.05, 0) is 29.7 Å². The Balaban J connectivity index is 3.64. The molecule has 1 rings (SSSR count). The summed E-state index contributed by atoms with van der Waals surface area (Å²) >= 11 is 3.23. The van der Waals surface area contributed by atoms with Crippen molar-refractivity contribution < 1.29 is 8.42 Å². The second-order valence-corrected chi connectivity index (χ2v) is 6.24. The number of nitrogens with zero attached hydrogens (tertiary/aromatic N) is 1. The smallest absolute Gasteiger partial charge is 0.207 e. The molecule has 0 saturated heterocycles. The van der Waals surface area contributed by atoms with E-state index < -0.39 is 9.05 Å². The van der Waals surface area contributed by atoms with E-state index >= 15 is 0 Å². The SMILES string of the molecule is CCc1cc(C#N)cc(S(=O)(=O)Cl)c1CBr. The lowest BCUT2D eigenvalue weighted by atomic mass is 10.0. The van der Waals surface area contributed by atoms with Gasteiger partial charge in [0.2, 0.25) is 0 Å². The van der Waals surface area contributed by atoms with Crippen molar-refractivity contribution in [3.05, 3.63) is 28.8 Å². The number of benzene rings is 1. The zero-order chi connectivity index (χ0) is 12.3. The van der Waals surface area contributed by atoms with Crippen LogP contribution in [0.4, 0.5) is 0 Å². The van der Waals surface area contributed by atoms with E-state index in [0.29, 0.717) is 22.9 Å². The largest absolute Gasteiger partial charge is 0.261 e. The highest BCUT2D eigenvalue weighted by Crippen LogP contribution is 2.27. The van der Waals surface area contributed by atoms with Crippen LogP contribution in [0.2, 0.25) is 0 Å². The number of nitriles is 1. The number of hydrogen-bond donors (Lipinski definition) is 0. The van der Waals surface area contributed by atoms with Crippen LogP contribution in [0.25, 0.3) is 0 Å². The quantitative estimate of drug-likeness (QED) is 0.635. The third-order valence-corrected chi connectivity index (χ3v) is 4.16. The highest BCUT2D eigenvalue weighted by molar-refractivity contribution is 9.08. The summed E-state index contributed by atoms with van der Waals surface area (Å²) in [5, 5.41) is 9.20. The van der Waals surface area contributed by atoms with E-state index in [0.717, 1.165) is 5.56 Å². The molecule has 1 aromatic rings. The minimum atomic E-state index is -3.82. The van der Waals surface area contributed by atoms with E-state index in [1.165, 1.54) is 6.07 Å². The van der Waals surface area contributed by atoms with Gasteiger partial charge in [0.15, 0.2) is 0 Å². The van der Waals surface area contributed by atoms with Crippen LogP contribution in [0, 0.1) is 11.3 Å². The van der Waals surface area contributed by atoms with Gasteiger partial charge in [0.25, 0.3) is 9.05 Å².